The van der Waals surface area contributed by atoms with Gasteiger partial charge in [-0.05, 0) is 55.0 Å². The fourth-order valence-electron chi connectivity index (χ4n) is 4.64. The van der Waals surface area contributed by atoms with E-state index >= 15 is 0 Å². The molecule has 1 aliphatic rings. The zero-order valence-electron chi connectivity index (χ0n) is 17.5. The van der Waals surface area contributed by atoms with E-state index in [4.69, 9.17) is 14.2 Å². The summed E-state index contributed by atoms with van der Waals surface area (Å²) in [5.74, 6) is 2.41. The lowest BCUT2D eigenvalue weighted by molar-refractivity contribution is 0.377. The Hall–Kier alpha value is -2.92. The van der Waals surface area contributed by atoms with Crippen molar-refractivity contribution in [3.05, 3.63) is 47.5 Å². The Morgan fingerprint density at radius 2 is 1.62 bits per heavy atom. The number of hydrogen-bond donors (Lipinski definition) is 2. The van der Waals surface area contributed by atoms with Gasteiger partial charge in [-0.1, -0.05) is 12.1 Å². The first-order valence-corrected chi connectivity index (χ1v) is 9.83. The summed E-state index contributed by atoms with van der Waals surface area (Å²) in [6.07, 6.45) is 0.803. The zero-order chi connectivity index (χ0) is 20.7. The molecule has 0 saturated carbocycles. The third-order valence-electron chi connectivity index (χ3n) is 5.79. The van der Waals surface area contributed by atoms with E-state index in [-0.39, 0.29) is 11.8 Å². The molecule has 29 heavy (non-hydrogen) atoms. The summed E-state index contributed by atoms with van der Waals surface area (Å²) in [6.45, 7) is 4.29. The van der Waals surface area contributed by atoms with Crippen LogP contribution < -0.4 is 19.5 Å². The van der Waals surface area contributed by atoms with Gasteiger partial charge in [0.1, 0.15) is 23.0 Å². The minimum Gasteiger partial charge on any atom is -0.507 e. The number of fused-ring (bicyclic) bond motifs is 2. The summed E-state index contributed by atoms with van der Waals surface area (Å²) in [5, 5.41) is 16.5. The maximum atomic E-state index is 11.1. The van der Waals surface area contributed by atoms with Gasteiger partial charge >= 0.3 is 0 Å². The Labute approximate surface area is 171 Å². The molecule has 2 atom stereocenters. The molecule has 0 bridgehead atoms. The van der Waals surface area contributed by atoms with Crippen LogP contribution in [0.25, 0.3) is 21.9 Å². The van der Waals surface area contributed by atoms with Gasteiger partial charge in [0, 0.05) is 29.3 Å². The highest BCUT2D eigenvalue weighted by Crippen LogP contribution is 2.48. The molecule has 5 heteroatoms. The van der Waals surface area contributed by atoms with E-state index in [0.29, 0.717) is 11.8 Å². The van der Waals surface area contributed by atoms with Crippen LogP contribution in [0.4, 0.5) is 0 Å². The maximum Gasteiger partial charge on any atom is 0.130 e. The van der Waals surface area contributed by atoms with Crippen molar-refractivity contribution in [3.63, 3.8) is 0 Å². The third-order valence-corrected chi connectivity index (χ3v) is 5.79. The van der Waals surface area contributed by atoms with Crippen molar-refractivity contribution in [2.24, 2.45) is 0 Å². The number of rotatable bonds is 4. The van der Waals surface area contributed by atoms with Crippen molar-refractivity contribution in [2.45, 2.75) is 32.4 Å². The third kappa shape index (κ3) is 3.06. The summed E-state index contributed by atoms with van der Waals surface area (Å²) < 4.78 is 16.8. The van der Waals surface area contributed by atoms with E-state index in [1.165, 1.54) is 0 Å². The van der Waals surface area contributed by atoms with Crippen molar-refractivity contribution in [1.29, 1.82) is 0 Å². The number of phenols is 1. The van der Waals surface area contributed by atoms with Gasteiger partial charge in [-0.15, -0.1) is 0 Å². The monoisotopic (exact) mass is 393 g/mol. The molecule has 3 aromatic rings. The lowest BCUT2D eigenvalue weighted by Crippen LogP contribution is -2.36. The normalized spacial score (nSPS) is 18.4. The quantitative estimate of drug-likeness (QED) is 0.665. The Morgan fingerprint density at radius 1 is 0.931 bits per heavy atom. The smallest absolute Gasteiger partial charge is 0.130 e. The highest BCUT2D eigenvalue weighted by atomic mass is 16.5. The Kier molecular flexibility index (Phi) is 5.01. The van der Waals surface area contributed by atoms with Crippen LogP contribution in [-0.2, 0) is 6.42 Å². The predicted octanol–water partition coefficient (Wildman–Crippen LogP) is 4.83. The van der Waals surface area contributed by atoms with Crippen molar-refractivity contribution < 1.29 is 19.3 Å². The van der Waals surface area contributed by atoms with E-state index < -0.39 is 0 Å². The number of ether oxygens (including phenoxy) is 3. The molecule has 1 aliphatic heterocycles. The second-order valence-electron chi connectivity index (χ2n) is 7.56. The molecule has 0 aliphatic carbocycles. The fourth-order valence-corrected chi connectivity index (χ4v) is 4.64. The van der Waals surface area contributed by atoms with Gasteiger partial charge in [0.05, 0.1) is 26.7 Å². The Balaban J connectivity index is 2.09. The van der Waals surface area contributed by atoms with Crippen LogP contribution in [0.1, 0.15) is 31.0 Å². The highest BCUT2D eigenvalue weighted by molar-refractivity contribution is 6.05. The molecule has 152 valence electrons. The largest absolute Gasteiger partial charge is 0.507 e. The molecule has 4 rings (SSSR count). The fraction of sp³-hybridized carbons (Fsp3) is 0.333. The number of nitrogens with one attached hydrogen (secondary N) is 1. The number of phenolic OH excluding ortho intramolecular Hbond substituents is 1. The lowest BCUT2D eigenvalue weighted by atomic mass is 9.83. The first-order valence-electron chi connectivity index (χ1n) is 9.83. The van der Waals surface area contributed by atoms with Crippen molar-refractivity contribution in [2.75, 3.05) is 21.3 Å². The highest BCUT2D eigenvalue weighted by Gasteiger charge is 2.30. The summed E-state index contributed by atoms with van der Waals surface area (Å²) >= 11 is 0. The minimum atomic E-state index is 0.127. The second kappa shape index (κ2) is 7.48. The number of methoxy groups -OCH3 is 3. The van der Waals surface area contributed by atoms with Crippen molar-refractivity contribution in [1.82, 2.24) is 5.32 Å². The molecule has 0 radical (unpaired) electrons. The van der Waals surface area contributed by atoms with Crippen LogP contribution in [0.5, 0.6) is 23.0 Å². The number of aromatic hydroxyl groups is 1. The van der Waals surface area contributed by atoms with Crippen LogP contribution in [-0.4, -0.2) is 32.5 Å². The molecule has 0 spiro atoms. The molecule has 0 fully saturated rings. The van der Waals surface area contributed by atoms with Crippen LogP contribution in [0, 0.1) is 0 Å². The SMILES string of the molecule is COc1cc(O)c(-c2ccc(OC)c3c(OC)cccc23)c2c1C(C)NC(C)C2. The van der Waals surface area contributed by atoms with Gasteiger partial charge in [-0.2, -0.15) is 0 Å². The average Bonchev–Trinajstić information content (AvgIpc) is 2.71. The van der Waals surface area contributed by atoms with Crippen LogP contribution in [0.3, 0.4) is 0 Å². The van der Waals surface area contributed by atoms with Crippen LogP contribution >= 0.6 is 0 Å². The van der Waals surface area contributed by atoms with E-state index in [0.717, 1.165) is 50.9 Å². The molecule has 2 N–H and O–H groups in total. The van der Waals surface area contributed by atoms with Gasteiger partial charge in [0.25, 0.3) is 0 Å². The Bertz CT molecular complexity index is 1070. The number of benzene rings is 3. The molecule has 0 aromatic heterocycles. The minimum absolute atomic E-state index is 0.127. The summed E-state index contributed by atoms with van der Waals surface area (Å²) in [5.41, 5.74) is 4.03. The van der Waals surface area contributed by atoms with Gasteiger partial charge in [-0.25, -0.2) is 0 Å². The molecular weight excluding hydrogens is 366 g/mol. The van der Waals surface area contributed by atoms with Gasteiger partial charge in [-0.3, -0.25) is 0 Å². The van der Waals surface area contributed by atoms with E-state index in [2.05, 4.69) is 19.2 Å². The standard InChI is InChI=1S/C24H27NO4/c1-13-11-17-22(14(2)25-13)21(29-5)12-18(26)23(17)16-9-10-20(28-4)24-15(16)7-6-8-19(24)27-3/h6-10,12-14,25-26H,11H2,1-5H3. The molecule has 0 saturated heterocycles. The second-order valence-corrected chi connectivity index (χ2v) is 7.56. The molecular formula is C24H27NO4. The predicted molar refractivity (Wildman–Crippen MR) is 115 cm³/mol. The van der Waals surface area contributed by atoms with Gasteiger partial charge < -0.3 is 24.6 Å². The van der Waals surface area contributed by atoms with Crippen LogP contribution in [0.15, 0.2) is 36.4 Å². The zero-order valence-corrected chi connectivity index (χ0v) is 17.5. The maximum absolute atomic E-state index is 11.1. The summed E-state index contributed by atoms with van der Waals surface area (Å²) in [6, 6.07) is 12.0. The molecule has 1 heterocycles. The van der Waals surface area contributed by atoms with E-state index in [1.807, 2.05) is 30.3 Å². The van der Waals surface area contributed by atoms with Crippen molar-refractivity contribution >= 4 is 10.8 Å². The average molecular weight is 393 g/mol. The van der Waals surface area contributed by atoms with Gasteiger partial charge in [0.15, 0.2) is 0 Å². The number of hydrogen-bond acceptors (Lipinski definition) is 5. The molecule has 3 aromatic carbocycles. The van der Waals surface area contributed by atoms with E-state index in [1.54, 1.807) is 27.4 Å². The van der Waals surface area contributed by atoms with Crippen molar-refractivity contribution in [3.8, 4) is 34.1 Å². The topological polar surface area (TPSA) is 60.0 Å². The molecule has 5 nitrogen and oxygen atoms in total. The Morgan fingerprint density at radius 3 is 2.31 bits per heavy atom. The summed E-state index contributed by atoms with van der Waals surface area (Å²) in [7, 11) is 4.96. The van der Waals surface area contributed by atoms with Crippen LogP contribution in [0.2, 0.25) is 0 Å². The lowest BCUT2D eigenvalue weighted by Gasteiger charge is -2.33. The first kappa shape index (κ1) is 19.4. The molecule has 2 unspecified atom stereocenters. The van der Waals surface area contributed by atoms with Gasteiger partial charge in [0.2, 0.25) is 0 Å². The molecule has 0 amide bonds. The first-order chi connectivity index (χ1) is 14.0. The summed E-state index contributed by atoms with van der Waals surface area (Å²) in [4.78, 5) is 0. The van der Waals surface area contributed by atoms with E-state index in [9.17, 15) is 5.11 Å².